The Balaban J connectivity index is 0.784. The maximum absolute atomic E-state index is 12.8. The molecule has 0 saturated carbocycles. The number of aromatic nitrogens is 4. The summed E-state index contributed by atoms with van der Waals surface area (Å²) in [6.45, 7) is 4.55. The van der Waals surface area contributed by atoms with Gasteiger partial charge in [0.1, 0.15) is 29.3 Å². The molecule has 0 fully saturated rings. The van der Waals surface area contributed by atoms with Gasteiger partial charge in [-0.3, -0.25) is 19.2 Å². The van der Waals surface area contributed by atoms with Crippen molar-refractivity contribution in [2.24, 2.45) is 7.05 Å². The van der Waals surface area contributed by atoms with Gasteiger partial charge < -0.3 is 48.8 Å². The van der Waals surface area contributed by atoms with E-state index in [1.54, 1.807) is 37.4 Å². The number of nitrogens with zero attached hydrogens (tertiary/aromatic N) is 4. The van der Waals surface area contributed by atoms with Crippen LogP contribution in [0.4, 0.5) is 5.69 Å². The van der Waals surface area contributed by atoms with Crippen LogP contribution < -0.4 is 26.2 Å². The van der Waals surface area contributed by atoms with Crippen LogP contribution in [0.3, 0.4) is 0 Å². The zero-order chi connectivity index (χ0) is 42.2. The fraction of sp³-hybridized carbons (Fsp3) is 0.405. The van der Waals surface area contributed by atoms with Crippen molar-refractivity contribution in [2.45, 2.75) is 19.3 Å². The van der Waals surface area contributed by atoms with Crippen LogP contribution in [0.1, 0.15) is 28.9 Å². The first kappa shape index (κ1) is 45.0. The van der Waals surface area contributed by atoms with Crippen molar-refractivity contribution in [3.05, 3.63) is 101 Å². The Labute approximate surface area is 346 Å². The average molecular weight is 830 g/mol. The average Bonchev–Trinajstić information content (AvgIpc) is 3.69. The minimum Gasteiger partial charge on any atom is -0.490 e. The molecule has 320 valence electrons. The minimum absolute atomic E-state index is 0.0546. The molecule has 0 aliphatic rings. The second kappa shape index (κ2) is 25.4. The van der Waals surface area contributed by atoms with Gasteiger partial charge in [-0.2, -0.15) is 5.10 Å². The molecule has 3 N–H and O–H groups in total. The molecule has 0 bridgehead atoms. The number of pyridine rings is 1. The number of anilines is 1. The van der Waals surface area contributed by atoms with Gasteiger partial charge in [0.25, 0.3) is 11.5 Å². The number of oxazole rings is 1. The van der Waals surface area contributed by atoms with Crippen molar-refractivity contribution in [1.29, 1.82) is 0 Å². The van der Waals surface area contributed by atoms with Crippen LogP contribution in [-0.4, -0.2) is 123 Å². The smallest absolute Gasteiger partial charge is 0.274 e. The first-order valence-electron chi connectivity index (χ1n) is 19.7. The maximum atomic E-state index is 12.8. The number of nitrogens with one attached hydrogen (secondary N) is 3. The molecule has 0 atom stereocenters. The zero-order valence-electron chi connectivity index (χ0n) is 33.6. The van der Waals surface area contributed by atoms with E-state index in [4.69, 9.17) is 32.8 Å². The monoisotopic (exact) mass is 829 g/mol. The second-order valence-corrected chi connectivity index (χ2v) is 13.1. The van der Waals surface area contributed by atoms with Gasteiger partial charge >= 0.3 is 0 Å². The molecule has 3 amide bonds. The van der Waals surface area contributed by atoms with Gasteiger partial charge in [-0.1, -0.05) is 30.3 Å². The standard InChI is InChI=1S/C42H51N7O11/c1-49-40(52)15-13-35(48-49)42-47-36-28-32(10-14-37(36)60-42)46-41(53)34-12-11-33(29-44-34)59-27-26-58-25-24-57-23-22-56-21-20-55-19-18-54-17-16-43-39(51)30-45-38(50)9-5-8-31-6-3-2-4-7-31/h2-4,6-7,10-15,28-29H,5,8-9,16-27,30H2,1H3,(H,43,51)(H,45,50)(H,46,53). The van der Waals surface area contributed by atoms with Gasteiger partial charge in [0.05, 0.1) is 78.8 Å². The maximum Gasteiger partial charge on any atom is 0.274 e. The lowest BCUT2D eigenvalue weighted by molar-refractivity contribution is -0.126. The molecule has 18 nitrogen and oxygen atoms in total. The first-order valence-corrected chi connectivity index (χ1v) is 19.7. The molecule has 5 rings (SSSR count). The van der Waals surface area contributed by atoms with E-state index in [1.807, 2.05) is 30.3 Å². The van der Waals surface area contributed by atoms with Crippen LogP contribution in [0.5, 0.6) is 5.75 Å². The van der Waals surface area contributed by atoms with Gasteiger partial charge in [-0.05, 0) is 54.8 Å². The molecule has 2 aromatic carbocycles. The number of fused-ring (bicyclic) bond motifs is 1. The summed E-state index contributed by atoms with van der Waals surface area (Å²) < 4.78 is 40.1. The molecular weight excluding hydrogens is 778 g/mol. The summed E-state index contributed by atoms with van der Waals surface area (Å²) in [5, 5.41) is 12.3. The van der Waals surface area contributed by atoms with Crippen molar-refractivity contribution < 1.29 is 47.2 Å². The van der Waals surface area contributed by atoms with E-state index < -0.39 is 5.91 Å². The highest BCUT2D eigenvalue weighted by atomic mass is 16.6. The van der Waals surface area contributed by atoms with Crippen LogP contribution in [-0.2, 0) is 46.7 Å². The van der Waals surface area contributed by atoms with E-state index in [0.717, 1.165) is 12.8 Å². The molecule has 3 heterocycles. The van der Waals surface area contributed by atoms with Gasteiger partial charge in [-0.25, -0.2) is 14.6 Å². The number of benzene rings is 2. The molecule has 0 aliphatic heterocycles. The van der Waals surface area contributed by atoms with Crippen molar-refractivity contribution in [1.82, 2.24) is 30.4 Å². The number of amides is 3. The molecule has 3 aromatic heterocycles. The molecule has 60 heavy (non-hydrogen) atoms. The molecule has 0 saturated heterocycles. The summed E-state index contributed by atoms with van der Waals surface area (Å²) in [5.41, 5.74) is 3.08. The van der Waals surface area contributed by atoms with Crippen molar-refractivity contribution in [3.8, 4) is 17.3 Å². The molecule has 0 spiro atoms. The largest absolute Gasteiger partial charge is 0.490 e. The van der Waals surface area contributed by atoms with Gasteiger partial charge in [0, 0.05) is 31.8 Å². The quantitative estimate of drug-likeness (QED) is 0.0619. The second-order valence-electron chi connectivity index (χ2n) is 13.1. The highest BCUT2D eigenvalue weighted by Crippen LogP contribution is 2.25. The summed E-state index contributed by atoms with van der Waals surface area (Å²) in [5.74, 6) is -0.0560. The number of hydrogen-bond donors (Lipinski definition) is 3. The van der Waals surface area contributed by atoms with Crippen LogP contribution in [0.25, 0.3) is 22.7 Å². The topological polar surface area (TPSA) is 216 Å². The van der Waals surface area contributed by atoms with Gasteiger partial charge in [0.15, 0.2) is 5.58 Å². The lowest BCUT2D eigenvalue weighted by atomic mass is 10.1. The summed E-state index contributed by atoms with van der Waals surface area (Å²) in [6.07, 6.45) is 3.40. The Bertz CT molecular complexity index is 2130. The molecule has 0 aliphatic carbocycles. The zero-order valence-corrected chi connectivity index (χ0v) is 33.6. The number of carbonyl (C=O) groups is 3. The fourth-order valence-corrected chi connectivity index (χ4v) is 5.42. The molecule has 0 unspecified atom stereocenters. The summed E-state index contributed by atoms with van der Waals surface area (Å²) in [4.78, 5) is 56.9. The summed E-state index contributed by atoms with van der Waals surface area (Å²) in [6, 6.07) is 21.2. The van der Waals surface area contributed by atoms with Crippen molar-refractivity contribution >= 4 is 34.5 Å². The van der Waals surface area contributed by atoms with E-state index >= 15 is 0 Å². The van der Waals surface area contributed by atoms with Crippen molar-refractivity contribution in [2.75, 3.05) is 91.1 Å². The van der Waals surface area contributed by atoms with E-state index in [9.17, 15) is 19.2 Å². The number of rotatable bonds is 28. The number of ether oxygens (including phenoxy) is 6. The third-order valence-corrected chi connectivity index (χ3v) is 8.51. The predicted molar refractivity (Wildman–Crippen MR) is 220 cm³/mol. The van der Waals surface area contributed by atoms with Crippen LogP contribution in [0.15, 0.2) is 88.2 Å². The number of aryl methyl sites for hydroxylation is 2. The highest BCUT2D eigenvalue weighted by molar-refractivity contribution is 6.03. The fourth-order valence-electron chi connectivity index (χ4n) is 5.42. The van der Waals surface area contributed by atoms with Crippen LogP contribution in [0.2, 0.25) is 0 Å². The van der Waals surface area contributed by atoms with Gasteiger partial charge in [-0.15, -0.1) is 0 Å². The van der Waals surface area contributed by atoms with Gasteiger partial charge in [0.2, 0.25) is 17.7 Å². The summed E-state index contributed by atoms with van der Waals surface area (Å²) in [7, 11) is 1.54. The van der Waals surface area contributed by atoms with E-state index in [2.05, 4.69) is 31.0 Å². The summed E-state index contributed by atoms with van der Waals surface area (Å²) >= 11 is 0. The number of hydrogen-bond acceptors (Lipinski definition) is 14. The van der Waals surface area contributed by atoms with Crippen molar-refractivity contribution in [3.63, 3.8) is 0 Å². The van der Waals surface area contributed by atoms with Crippen LogP contribution in [0, 0.1) is 0 Å². The Hall–Kier alpha value is -6.05. The predicted octanol–water partition coefficient (Wildman–Crippen LogP) is 2.95. The van der Waals surface area contributed by atoms with Crippen LogP contribution >= 0.6 is 0 Å². The lowest BCUT2D eigenvalue weighted by Crippen LogP contribution is -2.38. The Kier molecular flexibility index (Phi) is 19.1. The molecule has 5 aromatic rings. The molecule has 0 radical (unpaired) electrons. The Morgan fingerprint density at radius 1 is 0.733 bits per heavy atom. The molecular formula is C42H51N7O11. The number of carbonyl (C=O) groups excluding carboxylic acids is 3. The molecule has 18 heteroatoms. The normalized spacial score (nSPS) is 11.1. The third-order valence-electron chi connectivity index (χ3n) is 8.51. The first-order chi connectivity index (χ1) is 29.3. The van der Waals surface area contributed by atoms with E-state index in [-0.39, 0.29) is 35.5 Å². The third kappa shape index (κ3) is 16.3. The van der Waals surface area contributed by atoms with E-state index in [0.29, 0.717) is 114 Å². The Morgan fingerprint density at radius 2 is 1.42 bits per heavy atom. The SMILES string of the molecule is Cn1nc(-c2nc3cc(NC(=O)c4ccc(OCCOCCOCCOCCOCCOCCNC(=O)CNC(=O)CCCc5ccccc5)cn4)ccc3o2)ccc1=O. The van der Waals surface area contributed by atoms with E-state index in [1.165, 1.54) is 28.6 Å². The highest BCUT2D eigenvalue weighted by Gasteiger charge is 2.14. The minimum atomic E-state index is -0.406. The Morgan fingerprint density at radius 3 is 2.08 bits per heavy atom. The lowest BCUT2D eigenvalue weighted by Gasteiger charge is -2.09.